The van der Waals surface area contributed by atoms with Crippen molar-refractivity contribution in [2.24, 2.45) is 0 Å². The molecule has 1 saturated heterocycles. The van der Waals surface area contributed by atoms with Crippen LogP contribution in [0.1, 0.15) is 35.7 Å². The van der Waals surface area contributed by atoms with E-state index in [1.165, 1.54) is 23.8 Å². The number of hydrogen-bond donors (Lipinski definition) is 0. The number of ether oxygens (including phenoxy) is 2. The lowest BCUT2D eigenvalue weighted by Crippen LogP contribution is -2.38. The Morgan fingerprint density at radius 1 is 0.974 bits per heavy atom. The number of fused-ring (bicyclic) bond motifs is 1. The summed E-state index contributed by atoms with van der Waals surface area (Å²) in [5.74, 6) is 1.19. The summed E-state index contributed by atoms with van der Waals surface area (Å²) in [5, 5.41) is 0. The fourth-order valence-corrected chi connectivity index (χ4v) is 5.51. The molecule has 0 radical (unpaired) electrons. The molecule has 0 atom stereocenters. The van der Waals surface area contributed by atoms with Gasteiger partial charge in [-0.2, -0.15) is 13.2 Å². The van der Waals surface area contributed by atoms with E-state index in [9.17, 15) is 18.0 Å². The molecule has 5 rings (SSSR count). The van der Waals surface area contributed by atoms with Crippen LogP contribution in [0.2, 0.25) is 0 Å². The first-order chi connectivity index (χ1) is 18.2. The Morgan fingerprint density at radius 2 is 1.68 bits per heavy atom. The Hall–Kier alpha value is -3.95. The maximum Gasteiger partial charge on any atom is 0.416 e. The maximum absolute atomic E-state index is 13.9. The van der Waals surface area contributed by atoms with Crippen LogP contribution in [0, 0.1) is 6.92 Å². The first-order valence-corrected chi connectivity index (χ1v) is 12.4. The number of hydrogen-bond acceptors (Lipinski definition) is 5. The lowest BCUT2D eigenvalue weighted by atomic mass is 10.0. The number of aryl methyl sites for hydroxylation is 1. The smallest absolute Gasteiger partial charge is 0.416 e. The van der Waals surface area contributed by atoms with Gasteiger partial charge in [0.2, 0.25) is 0 Å². The monoisotopic (exact) mass is 526 g/mol. The van der Waals surface area contributed by atoms with Crippen molar-refractivity contribution < 1.29 is 22.6 Å². The van der Waals surface area contributed by atoms with Crippen LogP contribution in [0.15, 0.2) is 59.5 Å². The Kier molecular flexibility index (Phi) is 6.81. The van der Waals surface area contributed by atoms with Crippen LogP contribution >= 0.6 is 0 Å². The van der Waals surface area contributed by atoms with Gasteiger partial charge in [0.15, 0.2) is 0 Å². The highest BCUT2D eigenvalue weighted by Gasteiger charge is 2.34. The molecular weight excluding hydrogens is 497 g/mol. The minimum absolute atomic E-state index is 0.0287. The third kappa shape index (κ3) is 4.48. The zero-order valence-corrected chi connectivity index (χ0v) is 21.5. The van der Waals surface area contributed by atoms with E-state index in [1.807, 2.05) is 19.1 Å². The van der Waals surface area contributed by atoms with Crippen LogP contribution in [0.5, 0.6) is 11.5 Å². The minimum Gasteiger partial charge on any atom is -0.494 e. The fraction of sp³-hybridized carbons (Fsp3) is 0.357. The van der Waals surface area contributed by atoms with Gasteiger partial charge in [0.25, 0.3) is 0 Å². The number of para-hydroxylation sites is 1. The summed E-state index contributed by atoms with van der Waals surface area (Å²) in [6.07, 6.45) is -1.47. The van der Waals surface area contributed by atoms with Crippen LogP contribution in [0.3, 0.4) is 0 Å². The zero-order chi connectivity index (χ0) is 27.0. The number of halogens is 3. The normalized spacial score (nSPS) is 14.7. The lowest BCUT2D eigenvalue weighted by Gasteiger charge is -2.35. The van der Waals surface area contributed by atoms with Gasteiger partial charge in [0.1, 0.15) is 22.7 Å². The van der Waals surface area contributed by atoms with Crippen LogP contribution in [-0.2, 0) is 12.7 Å². The average Bonchev–Trinajstić information content (AvgIpc) is 3.19. The van der Waals surface area contributed by atoms with Crippen molar-refractivity contribution in [1.82, 2.24) is 14.1 Å². The van der Waals surface area contributed by atoms with E-state index in [1.54, 1.807) is 36.1 Å². The number of benzene rings is 2. The summed E-state index contributed by atoms with van der Waals surface area (Å²) in [5.41, 5.74) is 1.86. The fourth-order valence-electron chi connectivity index (χ4n) is 5.51. The number of piperidine rings is 1. The first-order valence-electron chi connectivity index (χ1n) is 12.4. The summed E-state index contributed by atoms with van der Waals surface area (Å²) < 4.78 is 55.4. The summed E-state index contributed by atoms with van der Waals surface area (Å²) in [4.78, 5) is 20.5. The number of alkyl halides is 3. The molecule has 2 aromatic carbocycles. The molecule has 1 aliphatic heterocycles. The molecular formula is C28H29F3N4O3. The van der Waals surface area contributed by atoms with E-state index in [-0.39, 0.29) is 23.8 Å². The molecule has 0 aliphatic carbocycles. The van der Waals surface area contributed by atoms with Crippen molar-refractivity contribution in [2.75, 3.05) is 32.2 Å². The molecule has 38 heavy (non-hydrogen) atoms. The van der Waals surface area contributed by atoms with Crippen molar-refractivity contribution in [1.29, 1.82) is 0 Å². The topological polar surface area (TPSA) is 61.5 Å². The van der Waals surface area contributed by atoms with E-state index in [0.717, 1.165) is 23.2 Å². The summed E-state index contributed by atoms with van der Waals surface area (Å²) in [6.45, 7) is 3.07. The molecule has 0 saturated carbocycles. The Balaban J connectivity index is 1.54. The van der Waals surface area contributed by atoms with Crippen LogP contribution in [0.25, 0.3) is 11.0 Å². The van der Waals surface area contributed by atoms with E-state index >= 15 is 0 Å². The third-order valence-corrected chi connectivity index (χ3v) is 7.25. The van der Waals surface area contributed by atoms with Crippen LogP contribution in [-0.4, -0.2) is 41.4 Å². The molecule has 3 heterocycles. The predicted molar refractivity (Wildman–Crippen MR) is 139 cm³/mol. The molecule has 0 amide bonds. The molecule has 0 unspecified atom stereocenters. The van der Waals surface area contributed by atoms with E-state index in [4.69, 9.17) is 9.47 Å². The molecule has 1 fully saturated rings. The first kappa shape index (κ1) is 25.7. The zero-order valence-electron chi connectivity index (χ0n) is 21.5. The maximum atomic E-state index is 13.9. The number of methoxy groups -OCH3 is 2. The number of imidazole rings is 1. The largest absolute Gasteiger partial charge is 0.494 e. The average molecular weight is 527 g/mol. The molecule has 2 aromatic heterocycles. The van der Waals surface area contributed by atoms with Gasteiger partial charge < -0.3 is 14.4 Å². The molecule has 7 nitrogen and oxygen atoms in total. The Bertz CT molecular complexity index is 1520. The second kappa shape index (κ2) is 10.1. The highest BCUT2D eigenvalue weighted by molar-refractivity contribution is 5.83. The van der Waals surface area contributed by atoms with Crippen molar-refractivity contribution in [2.45, 2.75) is 38.5 Å². The van der Waals surface area contributed by atoms with E-state index in [0.29, 0.717) is 42.7 Å². The predicted octanol–water partition coefficient (Wildman–Crippen LogP) is 5.43. The summed E-state index contributed by atoms with van der Waals surface area (Å²) >= 11 is 0. The standard InChI is InChI=1S/C28H29F3N4O3/c1-18-25(24(38-3)11-14-32-18)33-15-12-20(13-16-33)35-22-9-6-10-23(37-2)26(22)34(27(35)36)17-19-7-4-5-8-21(19)28(29,30)31/h4-11,14,20H,12-13,15-17H2,1-3H3. The SMILES string of the molecule is COc1ccnc(C)c1N1CCC(n2c(=O)n(Cc3ccccc3C(F)(F)F)c3c(OC)cccc32)CC1. The number of aromatic nitrogens is 3. The number of pyridine rings is 1. The molecule has 4 aromatic rings. The van der Waals surface area contributed by atoms with Crippen molar-refractivity contribution in [3.63, 3.8) is 0 Å². The van der Waals surface area contributed by atoms with Gasteiger partial charge in [-0.3, -0.25) is 14.1 Å². The second-order valence-electron chi connectivity index (χ2n) is 9.39. The van der Waals surface area contributed by atoms with Crippen LogP contribution < -0.4 is 20.1 Å². The highest BCUT2D eigenvalue weighted by atomic mass is 19.4. The van der Waals surface area contributed by atoms with Gasteiger partial charge in [0, 0.05) is 31.4 Å². The highest BCUT2D eigenvalue weighted by Crippen LogP contribution is 2.37. The quantitative estimate of drug-likeness (QED) is 0.335. The minimum atomic E-state index is -4.53. The molecule has 0 N–H and O–H groups in total. The second-order valence-corrected chi connectivity index (χ2v) is 9.39. The van der Waals surface area contributed by atoms with Crippen molar-refractivity contribution >= 4 is 16.7 Å². The molecule has 0 spiro atoms. The molecule has 1 aliphatic rings. The van der Waals surface area contributed by atoms with E-state index in [2.05, 4.69) is 9.88 Å². The van der Waals surface area contributed by atoms with Gasteiger partial charge in [-0.15, -0.1) is 0 Å². The van der Waals surface area contributed by atoms with Gasteiger partial charge >= 0.3 is 11.9 Å². The van der Waals surface area contributed by atoms with Gasteiger partial charge in [-0.25, -0.2) is 4.79 Å². The summed E-state index contributed by atoms with van der Waals surface area (Å²) in [6, 6.07) is 12.4. The van der Waals surface area contributed by atoms with Crippen molar-refractivity contribution in [3.05, 3.63) is 82.0 Å². The number of nitrogens with zero attached hydrogens (tertiary/aromatic N) is 4. The Morgan fingerprint density at radius 3 is 2.37 bits per heavy atom. The van der Waals surface area contributed by atoms with Crippen molar-refractivity contribution in [3.8, 4) is 11.5 Å². The Labute approximate surface area is 218 Å². The van der Waals surface area contributed by atoms with E-state index < -0.39 is 11.7 Å². The summed E-state index contributed by atoms with van der Waals surface area (Å²) in [7, 11) is 3.12. The molecule has 200 valence electrons. The third-order valence-electron chi connectivity index (χ3n) is 7.25. The molecule has 10 heteroatoms. The van der Waals surface area contributed by atoms with Crippen LogP contribution in [0.4, 0.5) is 18.9 Å². The van der Waals surface area contributed by atoms with Gasteiger partial charge in [0.05, 0.1) is 37.5 Å². The number of rotatable bonds is 6. The lowest BCUT2D eigenvalue weighted by molar-refractivity contribution is -0.138. The molecule has 0 bridgehead atoms. The van der Waals surface area contributed by atoms with Gasteiger partial charge in [-0.05, 0) is 43.5 Å². The number of anilines is 1. The van der Waals surface area contributed by atoms with Gasteiger partial charge in [-0.1, -0.05) is 24.3 Å².